The molecule has 1 unspecified atom stereocenters. The predicted octanol–water partition coefficient (Wildman–Crippen LogP) is 3.28. The van der Waals surface area contributed by atoms with Crippen molar-refractivity contribution in [2.75, 3.05) is 20.2 Å². The van der Waals surface area contributed by atoms with Gasteiger partial charge in [0.15, 0.2) is 0 Å². The predicted molar refractivity (Wildman–Crippen MR) is 93.4 cm³/mol. The zero-order valence-electron chi connectivity index (χ0n) is 14.3. The van der Waals surface area contributed by atoms with Crippen LogP contribution < -0.4 is 4.74 Å². The first-order valence-corrected chi connectivity index (χ1v) is 8.04. The number of carboxylic acids is 1. The maximum atomic E-state index is 12.6. The highest BCUT2D eigenvalue weighted by molar-refractivity contribution is 5.88. The van der Waals surface area contributed by atoms with Crippen molar-refractivity contribution in [2.45, 2.75) is 26.2 Å². The second-order valence-corrected chi connectivity index (χ2v) is 5.76. The molecular formula is C19H23NO4. The van der Waals surface area contributed by atoms with E-state index in [9.17, 15) is 9.59 Å². The summed E-state index contributed by atoms with van der Waals surface area (Å²) in [4.78, 5) is 25.0. The Morgan fingerprint density at radius 2 is 1.83 bits per heavy atom. The van der Waals surface area contributed by atoms with Crippen LogP contribution in [0.4, 0.5) is 0 Å². The molecule has 0 heterocycles. The SMILES string of the molecule is CCN(CCC(=O)O)C(=O)C(C)c1ccc2cc(OC)ccc2c1. The smallest absolute Gasteiger partial charge is 0.305 e. The van der Waals surface area contributed by atoms with Gasteiger partial charge in [0.1, 0.15) is 5.75 Å². The van der Waals surface area contributed by atoms with E-state index in [1.54, 1.807) is 12.0 Å². The molecule has 0 radical (unpaired) electrons. The number of hydrogen-bond acceptors (Lipinski definition) is 3. The van der Waals surface area contributed by atoms with Crippen LogP contribution >= 0.6 is 0 Å². The number of hydrogen-bond donors (Lipinski definition) is 1. The summed E-state index contributed by atoms with van der Waals surface area (Å²) in [6.45, 7) is 4.45. The molecule has 0 fully saturated rings. The van der Waals surface area contributed by atoms with E-state index in [-0.39, 0.29) is 24.8 Å². The van der Waals surface area contributed by atoms with Crippen LogP contribution in [0.2, 0.25) is 0 Å². The van der Waals surface area contributed by atoms with Crippen molar-refractivity contribution < 1.29 is 19.4 Å². The molecule has 1 atom stereocenters. The van der Waals surface area contributed by atoms with E-state index in [1.165, 1.54) is 0 Å². The summed E-state index contributed by atoms with van der Waals surface area (Å²) in [5.41, 5.74) is 0.923. The average molecular weight is 329 g/mol. The Morgan fingerprint density at radius 3 is 2.46 bits per heavy atom. The first-order chi connectivity index (χ1) is 11.5. The number of ether oxygens (including phenoxy) is 1. The Labute approximate surface area is 141 Å². The fourth-order valence-corrected chi connectivity index (χ4v) is 2.71. The fourth-order valence-electron chi connectivity index (χ4n) is 2.71. The highest BCUT2D eigenvalue weighted by Crippen LogP contribution is 2.26. The van der Waals surface area contributed by atoms with Gasteiger partial charge in [0.2, 0.25) is 5.91 Å². The first-order valence-electron chi connectivity index (χ1n) is 8.04. The second-order valence-electron chi connectivity index (χ2n) is 5.76. The number of carbonyl (C=O) groups excluding carboxylic acids is 1. The van der Waals surface area contributed by atoms with Crippen LogP contribution in [0.3, 0.4) is 0 Å². The van der Waals surface area contributed by atoms with Gasteiger partial charge in [-0.25, -0.2) is 0 Å². The maximum Gasteiger partial charge on any atom is 0.305 e. The van der Waals surface area contributed by atoms with Crippen molar-refractivity contribution in [3.63, 3.8) is 0 Å². The summed E-state index contributed by atoms with van der Waals surface area (Å²) >= 11 is 0. The van der Waals surface area contributed by atoms with E-state index in [1.807, 2.05) is 50.2 Å². The fraction of sp³-hybridized carbons (Fsp3) is 0.368. The van der Waals surface area contributed by atoms with Gasteiger partial charge < -0.3 is 14.7 Å². The molecular weight excluding hydrogens is 306 g/mol. The number of carbonyl (C=O) groups is 2. The van der Waals surface area contributed by atoms with E-state index in [0.717, 1.165) is 22.1 Å². The third-order valence-corrected chi connectivity index (χ3v) is 4.23. The number of benzene rings is 2. The summed E-state index contributed by atoms with van der Waals surface area (Å²) in [6.07, 6.45) is -0.0379. The molecule has 1 amide bonds. The molecule has 0 spiro atoms. The quantitative estimate of drug-likeness (QED) is 0.846. The Balaban J connectivity index is 2.21. The molecule has 0 aromatic heterocycles. The molecule has 0 saturated carbocycles. The molecule has 1 N–H and O–H groups in total. The molecule has 2 aromatic carbocycles. The molecule has 0 aliphatic rings. The molecule has 2 rings (SSSR count). The average Bonchev–Trinajstić information content (AvgIpc) is 2.60. The van der Waals surface area contributed by atoms with Crippen LogP contribution in [-0.2, 0) is 9.59 Å². The van der Waals surface area contributed by atoms with Crippen molar-refractivity contribution >= 4 is 22.6 Å². The van der Waals surface area contributed by atoms with E-state index in [4.69, 9.17) is 9.84 Å². The molecule has 2 aromatic rings. The topological polar surface area (TPSA) is 66.8 Å². The Bertz CT molecular complexity index is 741. The number of fused-ring (bicyclic) bond motifs is 1. The lowest BCUT2D eigenvalue weighted by molar-refractivity contribution is -0.138. The van der Waals surface area contributed by atoms with Gasteiger partial charge in [0.05, 0.1) is 19.4 Å². The minimum atomic E-state index is -0.895. The molecule has 0 bridgehead atoms. The van der Waals surface area contributed by atoms with Crippen molar-refractivity contribution in [3.05, 3.63) is 42.0 Å². The monoisotopic (exact) mass is 329 g/mol. The number of amides is 1. The van der Waals surface area contributed by atoms with Gasteiger partial charge in [-0.3, -0.25) is 9.59 Å². The van der Waals surface area contributed by atoms with Crippen molar-refractivity contribution in [1.82, 2.24) is 4.90 Å². The van der Waals surface area contributed by atoms with Gasteiger partial charge >= 0.3 is 5.97 Å². The summed E-state index contributed by atoms with van der Waals surface area (Å²) in [7, 11) is 1.63. The van der Waals surface area contributed by atoms with Crippen LogP contribution in [0.15, 0.2) is 36.4 Å². The van der Waals surface area contributed by atoms with E-state index in [2.05, 4.69) is 0 Å². The normalized spacial score (nSPS) is 12.0. The minimum absolute atomic E-state index is 0.0379. The molecule has 0 aliphatic carbocycles. The highest BCUT2D eigenvalue weighted by Gasteiger charge is 2.21. The number of methoxy groups -OCH3 is 1. The number of aliphatic carboxylic acids is 1. The zero-order chi connectivity index (χ0) is 17.7. The Hall–Kier alpha value is -2.56. The van der Waals surface area contributed by atoms with E-state index in [0.29, 0.717) is 6.54 Å². The van der Waals surface area contributed by atoms with Crippen molar-refractivity contribution in [3.8, 4) is 5.75 Å². The zero-order valence-corrected chi connectivity index (χ0v) is 14.3. The summed E-state index contributed by atoms with van der Waals surface area (Å²) in [6, 6.07) is 11.7. The molecule has 0 aliphatic heterocycles. The van der Waals surface area contributed by atoms with Crippen LogP contribution in [0, 0.1) is 0 Å². The standard InChI is InChI=1S/C19H23NO4/c1-4-20(10-9-18(21)22)19(23)13(2)14-5-6-16-12-17(24-3)8-7-15(16)11-14/h5-8,11-13H,4,9-10H2,1-3H3,(H,21,22). The van der Waals surface area contributed by atoms with Gasteiger partial charge in [-0.2, -0.15) is 0 Å². The first kappa shape index (κ1) is 17.8. The molecule has 0 saturated heterocycles. The lowest BCUT2D eigenvalue weighted by atomic mass is 9.96. The number of rotatable bonds is 7. The summed E-state index contributed by atoms with van der Waals surface area (Å²) in [5, 5.41) is 10.9. The minimum Gasteiger partial charge on any atom is -0.497 e. The Morgan fingerprint density at radius 1 is 1.17 bits per heavy atom. The van der Waals surface area contributed by atoms with E-state index < -0.39 is 5.97 Å². The van der Waals surface area contributed by atoms with Gasteiger partial charge in [-0.05, 0) is 42.3 Å². The molecule has 5 nitrogen and oxygen atoms in total. The second kappa shape index (κ2) is 7.81. The van der Waals surface area contributed by atoms with Crippen molar-refractivity contribution in [1.29, 1.82) is 0 Å². The lowest BCUT2D eigenvalue weighted by Gasteiger charge is -2.24. The molecule has 24 heavy (non-hydrogen) atoms. The highest BCUT2D eigenvalue weighted by atomic mass is 16.5. The molecule has 5 heteroatoms. The molecule has 128 valence electrons. The van der Waals surface area contributed by atoms with E-state index >= 15 is 0 Å². The van der Waals surface area contributed by atoms with Gasteiger partial charge in [-0.15, -0.1) is 0 Å². The van der Waals surface area contributed by atoms with Crippen LogP contribution in [-0.4, -0.2) is 42.1 Å². The summed E-state index contributed by atoms with van der Waals surface area (Å²) in [5.74, 6) is -0.462. The van der Waals surface area contributed by atoms with Gasteiger partial charge in [0.25, 0.3) is 0 Å². The lowest BCUT2D eigenvalue weighted by Crippen LogP contribution is -2.35. The largest absolute Gasteiger partial charge is 0.497 e. The van der Waals surface area contributed by atoms with Crippen molar-refractivity contribution in [2.24, 2.45) is 0 Å². The maximum absolute atomic E-state index is 12.6. The number of carboxylic acid groups (broad SMARTS) is 1. The summed E-state index contributed by atoms with van der Waals surface area (Å²) < 4.78 is 5.22. The number of nitrogens with zero attached hydrogens (tertiary/aromatic N) is 1. The Kier molecular flexibility index (Phi) is 5.79. The van der Waals surface area contributed by atoms with Crippen LogP contribution in [0.1, 0.15) is 31.7 Å². The van der Waals surface area contributed by atoms with Gasteiger partial charge in [0, 0.05) is 13.1 Å². The van der Waals surface area contributed by atoms with Gasteiger partial charge in [-0.1, -0.05) is 24.3 Å². The third-order valence-electron chi connectivity index (χ3n) is 4.23. The number of likely N-dealkylation sites (N-methyl/N-ethyl adjacent to an activating group) is 1. The third kappa shape index (κ3) is 4.04. The van der Waals surface area contributed by atoms with Crippen LogP contribution in [0.25, 0.3) is 10.8 Å². The van der Waals surface area contributed by atoms with Crippen LogP contribution in [0.5, 0.6) is 5.75 Å².